The second-order valence-electron chi connectivity index (χ2n) is 8.50. The third-order valence-corrected chi connectivity index (χ3v) is 5.04. The van der Waals surface area contributed by atoms with E-state index in [1.54, 1.807) is 6.92 Å². The SMILES string of the molecule is CC(=O)N1CCC(c2ncc3c(n2)CCN(CC(C)(C)C)C3)CC1. The number of nitrogens with zero attached hydrogens (tertiary/aromatic N) is 4. The number of amides is 1. The van der Waals surface area contributed by atoms with Gasteiger partial charge in [-0.2, -0.15) is 0 Å². The van der Waals surface area contributed by atoms with Crippen molar-refractivity contribution >= 4 is 5.91 Å². The van der Waals surface area contributed by atoms with E-state index >= 15 is 0 Å². The van der Waals surface area contributed by atoms with Crippen molar-refractivity contribution in [3.8, 4) is 0 Å². The lowest BCUT2D eigenvalue weighted by molar-refractivity contribution is -0.129. The molecular weight excluding hydrogens is 300 g/mol. The highest BCUT2D eigenvalue weighted by Gasteiger charge is 2.26. The lowest BCUT2D eigenvalue weighted by atomic mass is 9.94. The highest BCUT2D eigenvalue weighted by atomic mass is 16.2. The summed E-state index contributed by atoms with van der Waals surface area (Å²) in [5.41, 5.74) is 2.85. The van der Waals surface area contributed by atoms with Crippen LogP contribution in [0.15, 0.2) is 6.20 Å². The van der Waals surface area contributed by atoms with Crippen molar-refractivity contribution in [1.82, 2.24) is 19.8 Å². The molecule has 5 nitrogen and oxygen atoms in total. The summed E-state index contributed by atoms with van der Waals surface area (Å²) in [6, 6.07) is 0. The molecule has 0 atom stereocenters. The fraction of sp³-hybridized carbons (Fsp3) is 0.737. The van der Waals surface area contributed by atoms with E-state index in [-0.39, 0.29) is 5.91 Å². The molecule has 5 heteroatoms. The van der Waals surface area contributed by atoms with Crippen LogP contribution in [0.1, 0.15) is 63.5 Å². The molecule has 0 radical (unpaired) electrons. The lowest BCUT2D eigenvalue weighted by Gasteiger charge is -2.34. The fourth-order valence-electron chi connectivity index (χ4n) is 3.85. The molecule has 0 bridgehead atoms. The van der Waals surface area contributed by atoms with Gasteiger partial charge in [-0.3, -0.25) is 9.69 Å². The Morgan fingerprint density at radius 3 is 2.58 bits per heavy atom. The van der Waals surface area contributed by atoms with Gasteiger partial charge in [-0.25, -0.2) is 9.97 Å². The zero-order valence-electron chi connectivity index (χ0n) is 15.5. The first-order valence-corrected chi connectivity index (χ1v) is 9.14. The maximum absolute atomic E-state index is 11.5. The summed E-state index contributed by atoms with van der Waals surface area (Å²) in [6.45, 7) is 13.3. The van der Waals surface area contributed by atoms with Gasteiger partial charge < -0.3 is 4.90 Å². The van der Waals surface area contributed by atoms with Gasteiger partial charge in [0.1, 0.15) is 5.82 Å². The Balaban J connectivity index is 1.65. The van der Waals surface area contributed by atoms with Gasteiger partial charge >= 0.3 is 0 Å². The molecule has 3 rings (SSSR count). The average molecular weight is 330 g/mol. The van der Waals surface area contributed by atoms with Crippen molar-refractivity contribution in [2.45, 2.75) is 59.4 Å². The van der Waals surface area contributed by atoms with Crippen LogP contribution in [0.25, 0.3) is 0 Å². The number of fused-ring (bicyclic) bond motifs is 1. The van der Waals surface area contributed by atoms with Crippen LogP contribution in [0, 0.1) is 5.41 Å². The molecule has 3 heterocycles. The van der Waals surface area contributed by atoms with Gasteiger partial charge in [0.2, 0.25) is 5.91 Å². The van der Waals surface area contributed by atoms with E-state index in [1.165, 1.54) is 11.3 Å². The molecule has 24 heavy (non-hydrogen) atoms. The van der Waals surface area contributed by atoms with E-state index in [2.05, 4.69) is 30.7 Å². The standard InChI is InChI=1S/C19H30N4O/c1-14(24)23-9-5-15(6-10-23)18-20-11-16-12-22(13-19(2,3)4)8-7-17(16)21-18/h11,15H,5-10,12-13H2,1-4H3. The van der Waals surface area contributed by atoms with Gasteiger partial charge in [0.15, 0.2) is 0 Å². The molecule has 0 saturated carbocycles. The number of carbonyl (C=O) groups excluding carboxylic acids is 1. The van der Waals surface area contributed by atoms with Crippen molar-refractivity contribution < 1.29 is 4.79 Å². The molecule has 0 N–H and O–H groups in total. The van der Waals surface area contributed by atoms with E-state index in [1.807, 2.05) is 11.1 Å². The normalized spacial score (nSPS) is 20.1. The maximum Gasteiger partial charge on any atom is 0.219 e. The number of aromatic nitrogens is 2. The first kappa shape index (κ1) is 17.3. The van der Waals surface area contributed by atoms with Crippen LogP contribution in [-0.2, 0) is 17.8 Å². The molecule has 2 aliphatic heterocycles. The Morgan fingerprint density at radius 1 is 1.25 bits per heavy atom. The van der Waals surface area contributed by atoms with E-state index in [9.17, 15) is 4.79 Å². The predicted molar refractivity (Wildman–Crippen MR) is 94.7 cm³/mol. The van der Waals surface area contributed by atoms with Crippen LogP contribution in [0.4, 0.5) is 0 Å². The third-order valence-electron chi connectivity index (χ3n) is 5.04. The first-order valence-electron chi connectivity index (χ1n) is 9.14. The number of piperidine rings is 1. The van der Waals surface area contributed by atoms with Crippen LogP contribution in [-0.4, -0.2) is 51.9 Å². The maximum atomic E-state index is 11.5. The largest absolute Gasteiger partial charge is 0.343 e. The Hall–Kier alpha value is -1.49. The first-order chi connectivity index (χ1) is 11.3. The molecule has 132 valence electrons. The summed E-state index contributed by atoms with van der Waals surface area (Å²) in [5, 5.41) is 0. The molecule has 1 aromatic heterocycles. The Bertz CT molecular complexity index is 600. The van der Waals surface area contributed by atoms with E-state index in [0.29, 0.717) is 11.3 Å². The Labute approximate surface area is 145 Å². The zero-order chi connectivity index (χ0) is 17.3. The van der Waals surface area contributed by atoms with Crippen LogP contribution >= 0.6 is 0 Å². The molecule has 1 saturated heterocycles. The summed E-state index contributed by atoms with van der Waals surface area (Å²) < 4.78 is 0. The second-order valence-corrected chi connectivity index (χ2v) is 8.50. The predicted octanol–water partition coefficient (Wildman–Crippen LogP) is 2.61. The summed E-state index contributed by atoms with van der Waals surface area (Å²) in [7, 11) is 0. The third kappa shape index (κ3) is 4.12. The molecule has 0 unspecified atom stereocenters. The van der Waals surface area contributed by atoms with Gasteiger partial charge in [-0.15, -0.1) is 0 Å². The minimum atomic E-state index is 0.179. The Morgan fingerprint density at radius 2 is 1.96 bits per heavy atom. The molecule has 1 amide bonds. The van der Waals surface area contributed by atoms with Crippen LogP contribution < -0.4 is 0 Å². The molecule has 1 fully saturated rings. The molecule has 1 aromatic rings. The summed E-state index contributed by atoms with van der Waals surface area (Å²) in [4.78, 5) is 25.5. The molecule has 2 aliphatic rings. The molecule has 0 spiro atoms. The summed E-state index contributed by atoms with van der Waals surface area (Å²) in [6.07, 6.45) is 5.03. The lowest BCUT2D eigenvalue weighted by Crippen LogP contribution is -2.38. The Kier molecular flexibility index (Phi) is 4.90. The number of carbonyl (C=O) groups is 1. The van der Waals surface area contributed by atoms with Crippen molar-refractivity contribution in [3.05, 3.63) is 23.3 Å². The highest BCUT2D eigenvalue weighted by Crippen LogP contribution is 2.28. The van der Waals surface area contributed by atoms with Gasteiger partial charge in [-0.05, 0) is 18.3 Å². The van der Waals surface area contributed by atoms with E-state index < -0.39 is 0 Å². The average Bonchev–Trinajstić information content (AvgIpc) is 2.53. The minimum Gasteiger partial charge on any atom is -0.343 e. The quantitative estimate of drug-likeness (QED) is 0.836. The van der Waals surface area contributed by atoms with Crippen molar-refractivity contribution in [2.24, 2.45) is 5.41 Å². The van der Waals surface area contributed by atoms with Gasteiger partial charge in [0.05, 0.1) is 0 Å². The van der Waals surface area contributed by atoms with Gasteiger partial charge in [0.25, 0.3) is 0 Å². The van der Waals surface area contributed by atoms with Gasteiger partial charge in [-0.1, -0.05) is 20.8 Å². The smallest absolute Gasteiger partial charge is 0.219 e. The summed E-state index contributed by atoms with van der Waals surface area (Å²) in [5.74, 6) is 1.57. The number of rotatable bonds is 2. The zero-order valence-corrected chi connectivity index (χ0v) is 15.5. The second kappa shape index (κ2) is 6.79. The molecular formula is C19H30N4O. The molecule has 0 aliphatic carbocycles. The molecule has 0 aromatic carbocycles. The number of hydrogen-bond donors (Lipinski definition) is 0. The highest BCUT2D eigenvalue weighted by molar-refractivity contribution is 5.73. The fourth-order valence-corrected chi connectivity index (χ4v) is 3.85. The van der Waals surface area contributed by atoms with Crippen LogP contribution in [0.3, 0.4) is 0 Å². The van der Waals surface area contributed by atoms with Crippen LogP contribution in [0.5, 0.6) is 0 Å². The van der Waals surface area contributed by atoms with Crippen LogP contribution in [0.2, 0.25) is 0 Å². The van der Waals surface area contributed by atoms with Crippen molar-refractivity contribution in [3.63, 3.8) is 0 Å². The van der Waals surface area contributed by atoms with Crippen molar-refractivity contribution in [2.75, 3.05) is 26.2 Å². The summed E-state index contributed by atoms with van der Waals surface area (Å²) >= 11 is 0. The van der Waals surface area contributed by atoms with E-state index in [0.717, 1.165) is 57.8 Å². The van der Waals surface area contributed by atoms with Crippen molar-refractivity contribution in [1.29, 1.82) is 0 Å². The van der Waals surface area contributed by atoms with E-state index in [4.69, 9.17) is 4.98 Å². The number of likely N-dealkylation sites (tertiary alicyclic amines) is 1. The monoisotopic (exact) mass is 330 g/mol. The van der Waals surface area contributed by atoms with Gasteiger partial charge in [0, 0.05) is 69.4 Å². The minimum absolute atomic E-state index is 0.179. The number of hydrogen-bond acceptors (Lipinski definition) is 4. The topological polar surface area (TPSA) is 49.3 Å².